The standard InChI is InChI=1S/C16H17ClO5/c1-4-5-10-6-15(18)22-13-8-14(12(17)7-11(10)13)21-9(2)16(19)20-3/h6-9H,4-5H2,1-3H3. The van der Waals surface area contributed by atoms with Gasteiger partial charge in [0.15, 0.2) is 6.10 Å². The van der Waals surface area contributed by atoms with Crippen LogP contribution in [0.3, 0.4) is 0 Å². The second-order valence-corrected chi connectivity index (χ2v) is 5.31. The summed E-state index contributed by atoms with van der Waals surface area (Å²) in [6.07, 6.45) is 0.829. The lowest BCUT2D eigenvalue weighted by Crippen LogP contribution is -2.25. The fraction of sp³-hybridized carbons (Fsp3) is 0.375. The summed E-state index contributed by atoms with van der Waals surface area (Å²) < 4.78 is 15.3. The molecular weight excluding hydrogens is 308 g/mol. The van der Waals surface area contributed by atoms with Crippen LogP contribution >= 0.6 is 11.6 Å². The first-order valence-corrected chi connectivity index (χ1v) is 7.34. The zero-order chi connectivity index (χ0) is 16.3. The van der Waals surface area contributed by atoms with Crippen LogP contribution in [0.15, 0.2) is 27.4 Å². The number of ether oxygens (including phenoxy) is 2. The number of esters is 1. The number of hydrogen-bond acceptors (Lipinski definition) is 5. The minimum Gasteiger partial charge on any atom is -0.477 e. The van der Waals surface area contributed by atoms with Gasteiger partial charge in [0.05, 0.1) is 12.1 Å². The normalized spacial score (nSPS) is 12.2. The van der Waals surface area contributed by atoms with Crippen LogP contribution in [0.2, 0.25) is 5.02 Å². The average Bonchev–Trinajstić information content (AvgIpc) is 2.48. The quantitative estimate of drug-likeness (QED) is 0.623. The first-order chi connectivity index (χ1) is 10.5. The number of hydrogen-bond donors (Lipinski definition) is 0. The monoisotopic (exact) mass is 324 g/mol. The second kappa shape index (κ2) is 6.83. The van der Waals surface area contributed by atoms with Gasteiger partial charge in [0, 0.05) is 17.5 Å². The zero-order valence-corrected chi connectivity index (χ0v) is 13.4. The molecule has 0 N–H and O–H groups in total. The Morgan fingerprint density at radius 2 is 2.09 bits per heavy atom. The number of carbonyl (C=O) groups is 1. The van der Waals surface area contributed by atoms with Crippen LogP contribution in [0, 0.1) is 0 Å². The van der Waals surface area contributed by atoms with Gasteiger partial charge in [0.25, 0.3) is 0 Å². The molecule has 0 saturated carbocycles. The van der Waals surface area contributed by atoms with Crippen LogP contribution in [-0.2, 0) is 16.0 Å². The Bertz CT molecular complexity index is 750. The van der Waals surface area contributed by atoms with E-state index in [4.69, 9.17) is 20.8 Å². The molecular formula is C16H17ClO5. The van der Waals surface area contributed by atoms with Crippen molar-refractivity contribution < 1.29 is 18.7 Å². The summed E-state index contributed by atoms with van der Waals surface area (Å²) in [7, 11) is 1.28. The molecule has 2 rings (SSSR count). The first kappa shape index (κ1) is 16.4. The molecule has 2 aromatic rings. The van der Waals surface area contributed by atoms with Crippen LogP contribution in [0.5, 0.6) is 5.75 Å². The van der Waals surface area contributed by atoms with E-state index in [2.05, 4.69) is 4.74 Å². The maximum absolute atomic E-state index is 11.6. The van der Waals surface area contributed by atoms with Crippen LogP contribution in [0.1, 0.15) is 25.8 Å². The van der Waals surface area contributed by atoms with E-state index in [0.29, 0.717) is 10.6 Å². The molecule has 0 saturated heterocycles. The molecule has 1 atom stereocenters. The molecule has 0 fully saturated rings. The molecule has 0 aliphatic carbocycles. The number of carbonyl (C=O) groups excluding carboxylic acids is 1. The fourth-order valence-electron chi connectivity index (χ4n) is 2.20. The number of methoxy groups -OCH3 is 1. The van der Waals surface area contributed by atoms with Gasteiger partial charge in [-0.25, -0.2) is 9.59 Å². The highest BCUT2D eigenvalue weighted by atomic mass is 35.5. The lowest BCUT2D eigenvalue weighted by molar-refractivity contribution is -0.147. The number of rotatable bonds is 5. The second-order valence-electron chi connectivity index (χ2n) is 4.90. The zero-order valence-electron chi connectivity index (χ0n) is 12.6. The van der Waals surface area contributed by atoms with E-state index in [9.17, 15) is 9.59 Å². The summed E-state index contributed by atoms with van der Waals surface area (Å²) in [4.78, 5) is 23.1. The molecule has 5 nitrogen and oxygen atoms in total. The smallest absolute Gasteiger partial charge is 0.346 e. The van der Waals surface area contributed by atoms with Crippen molar-refractivity contribution in [2.24, 2.45) is 0 Å². The number of halogens is 1. The minimum absolute atomic E-state index is 0.267. The van der Waals surface area contributed by atoms with Crippen molar-refractivity contribution >= 4 is 28.5 Å². The maximum atomic E-state index is 11.6. The Kier molecular flexibility index (Phi) is 5.08. The van der Waals surface area contributed by atoms with Gasteiger partial charge in [-0.15, -0.1) is 0 Å². The van der Waals surface area contributed by atoms with Crippen molar-refractivity contribution in [3.63, 3.8) is 0 Å². The molecule has 0 aliphatic heterocycles. The Morgan fingerprint density at radius 3 is 2.73 bits per heavy atom. The molecule has 0 bridgehead atoms. The van der Waals surface area contributed by atoms with Crippen LogP contribution in [0.25, 0.3) is 11.0 Å². The minimum atomic E-state index is -0.814. The summed E-state index contributed by atoms with van der Waals surface area (Å²) in [5, 5.41) is 1.11. The third-order valence-electron chi connectivity index (χ3n) is 3.24. The molecule has 0 radical (unpaired) electrons. The van der Waals surface area contributed by atoms with Crippen molar-refractivity contribution in [2.75, 3.05) is 7.11 Å². The summed E-state index contributed by atoms with van der Waals surface area (Å²) in [6.45, 7) is 3.58. The Labute approximate surface area is 132 Å². The molecule has 22 heavy (non-hydrogen) atoms. The van der Waals surface area contributed by atoms with Gasteiger partial charge in [0.1, 0.15) is 11.3 Å². The van der Waals surface area contributed by atoms with Crippen LogP contribution in [0.4, 0.5) is 0 Å². The van der Waals surface area contributed by atoms with Crippen molar-refractivity contribution in [3.8, 4) is 5.75 Å². The van der Waals surface area contributed by atoms with E-state index >= 15 is 0 Å². The highest BCUT2D eigenvalue weighted by Gasteiger charge is 2.18. The van der Waals surface area contributed by atoms with E-state index < -0.39 is 17.7 Å². The van der Waals surface area contributed by atoms with Gasteiger partial charge in [0.2, 0.25) is 0 Å². The Hall–Kier alpha value is -2.01. The highest BCUT2D eigenvalue weighted by Crippen LogP contribution is 2.32. The average molecular weight is 325 g/mol. The topological polar surface area (TPSA) is 65.7 Å². The highest BCUT2D eigenvalue weighted by molar-refractivity contribution is 6.32. The summed E-state index contributed by atoms with van der Waals surface area (Å²) >= 11 is 6.21. The maximum Gasteiger partial charge on any atom is 0.346 e. The molecule has 0 amide bonds. The van der Waals surface area contributed by atoms with E-state index in [0.717, 1.165) is 23.8 Å². The van der Waals surface area contributed by atoms with Crippen molar-refractivity contribution in [2.45, 2.75) is 32.8 Å². The third kappa shape index (κ3) is 3.42. The molecule has 118 valence electrons. The molecule has 1 heterocycles. The predicted molar refractivity (Wildman–Crippen MR) is 83.6 cm³/mol. The Morgan fingerprint density at radius 1 is 1.36 bits per heavy atom. The Balaban J connectivity index is 2.48. The molecule has 0 spiro atoms. The van der Waals surface area contributed by atoms with Gasteiger partial charge in [-0.1, -0.05) is 24.9 Å². The number of benzene rings is 1. The summed E-state index contributed by atoms with van der Waals surface area (Å²) in [5.74, 6) is -0.249. The molecule has 1 aromatic heterocycles. The van der Waals surface area contributed by atoms with E-state index in [1.165, 1.54) is 19.2 Å². The van der Waals surface area contributed by atoms with Crippen molar-refractivity contribution in [1.82, 2.24) is 0 Å². The van der Waals surface area contributed by atoms with Gasteiger partial charge in [-0.05, 0) is 25.0 Å². The number of aryl methyl sites for hydroxylation is 1. The lowest BCUT2D eigenvalue weighted by Gasteiger charge is -2.14. The van der Waals surface area contributed by atoms with Gasteiger partial charge in [-0.3, -0.25) is 0 Å². The first-order valence-electron chi connectivity index (χ1n) is 6.97. The van der Waals surface area contributed by atoms with Crippen molar-refractivity contribution in [1.29, 1.82) is 0 Å². The molecule has 0 aliphatic rings. The van der Waals surface area contributed by atoms with E-state index in [1.54, 1.807) is 13.0 Å². The largest absolute Gasteiger partial charge is 0.477 e. The third-order valence-corrected chi connectivity index (χ3v) is 3.53. The SMILES string of the molecule is CCCc1cc(=O)oc2cc(OC(C)C(=O)OC)c(Cl)cc12. The molecule has 1 aromatic carbocycles. The van der Waals surface area contributed by atoms with Gasteiger partial charge < -0.3 is 13.9 Å². The van der Waals surface area contributed by atoms with Crippen LogP contribution < -0.4 is 10.4 Å². The van der Waals surface area contributed by atoms with Crippen molar-refractivity contribution in [3.05, 3.63) is 39.2 Å². The number of fused-ring (bicyclic) bond motifs is 1. The van der Waals surface area contributed by atoms with Gasteiger partial charge in [-0.2, -0.15) is 0 Å². The lowest BCUT2D eigenvalue weighted by atomic mass is 10.1. The van der Waals surface area contributed by atoms with E-state index in [-0.39, 0.29) is 5.75 Å². The molecule has 6 heteroatoms. The predicted octanol–water partition coefficient (Wildman–Crippen LogP) is 3.34. The van der Waals surface area contributed by atoms with E-state index in [1.807, 2.05) is 6.92 Å². The summed E-state index contributed by atoms with van der Waals surface area (Å²) in [6, 6.07) is 4.68. The molecule has 1 unspecified atom stereocenters. The van der Waals surface area contributed by atoms with Gasteiger partial charge >= 0.3 is 11.6 Å². The fourth-order valence-corrected chi connectivity index (χ4v) is 2.41. The summed E-state index contributed by atoms with van der Waals surface area (Å²) in [5.41, 5.74) is 0.834. The van der Waals surface area contributed by atoms with Crippen LogP contribution in [-0.4, -0.2) is 19.2 Å².